The third kappa shape index (κ3) is 4.23. The van der Waals surface area contributed by atoms with Crippen molar-refractivity contribution in [3.8, 4) is 17.2 Å². The van der Waals surface area contributed by atoms with E-state index in [4.69, 9.17) is 16.0 Å². The van der Waals surface area contributed by atoms with Gasteiger partial charge in [-0.05, 0) is 30.3 Å². The maximum atomic E-state index is 12.7. The van der Waals surface area contributed by atoms with Crippen LogP contribution in [-0.2, 0) is 12.7 Å². The Morgan fingerprint density at radius 3 is 2.58 bits per heavy atom. The number of aromatic nitrogens is 2. The van der Waals surface area contributed by atoms with E-state index in [0.717, 1.165) is 28.9 Å². The minimum Gasteiger partial charge on any atom is -0.508 e. The largest absolute Gasteiger partial charge is 0.508 e. The molecule has 4 rings (SSSR count). The normalized spacial score (nSPS) is 16.0. The maximum absolute atomic E-state index is 12.7. The second-order valence-electron chi connectivity index (χ2n) is 6.60. The standard InChI is InChI=1S/C19H14ClF3N4O3S/c20-13-7-11(15(28)8-14(13)26-6-5-24-17(26)31)9-27-18(29)30-16(25-27)10-1-3-12(4-2-10)19(21,22)23/h1-8,17,24,28,31H,9H2. The van der Waals surface area contributed by atoms with E-state index in [9.17, 15) is 23.1 Å². The minimum atomic E-state index is -4.48. The molecule has 0 bridgehead atoms. The number of benzene rings is 2. The van der Waals surface area contributed by atoms with Crippen LogP contribution in [0.5, 0.6) is 5.75 Å². The molecule has 0 saturated carbocycles. The lowest BCUT2D eigenvalue weighted by molar-refractivity contribution is -0.137. The van der Waals surface area contributed by atoms with E-state index in [2.05, 4.69) is 23.0 Å². The highest BCUT2D eigenvalue weighted by atomic mass is 35.5. The van der Waals surface area contributed by atoms with Crippen LogP contribution in [0.3, 0.4) is 0 Å². The summed E-state index contributed by atoms with van der Waals surface area (Å²) in [6.45, 7) is -0.160. The fourth-order valence-electron chi connectivity index (χ4n) is 2.99. The van der Waals surface area contributed by atoms with Crippen LogP contribution in [0.15, 0.2) is 58.0 Å². The van der Waals surface area contributed by atoms with E-state index < -0.39 is 17.5 Å². The molecule has 1 aliphatic rings. The molecule has 3 aromatic rings. The summed E-state index contributed by atoms with van der Waals surface area (Å²) in [5.74, 6) is -1.12. The van der Waals surface area contributed by atoms with Crippen LogP contribution in [0, 0.1) is 0 Å². The van der Waals surface area contributed by atoms with Crippen molar-refractivity contribution in [2.24, 2.45) is 0 Å². The summed E-state index contributed by atoms with van der Waals surface area (Å²) in [7, 11) is 0. The molecule has 0 amide bonds. The van der Waals surface area contributed by atoms with Gasteiger partial charge in [-0.2, -0.15) is 17.9 Å². The number of phenolic OH excluding ortho intramolecular Hbond substituents is 1. The highest BCUT2D eigenvalue weighted by Crippen LogP contribution is 2.36. The number of hydrogen-bond donors (Lipinski definition) is 3. The average Bonchev–Trinajstić information content (AvgIpc) is 3.29. The molecule has 162 valence electrons. The first-order chi connectivity index (χ1) is 14.6. The van der Waals surface area contributed by atoms with Crippen LogP contribution >= 0.6 is 24.2 Å². The van der Waals surface area contributed by atoms with Crippen molar-refractivity contribution in [1.29, 1.82) is 0 Å². The predicted octanol–water partition coefficient (Wildman–Crippen LogP) is 4.02. The zero-order valence-electron chi connectivity index (χ0n) is 15.5. The monoisotopic (exact) mass is 470 g/mol. The molecular weight excluding hydrogens is 457 g/mol. The molecule has 0 saturated heterocycles. The Hall–Kier alpha value is -3.05. The van der Waals surface area contributed by atoms with Crippen molar-refractivity contribution in [2.45, 2.75) is 18.2 Å². The molecule has 31 heavy (non-hydrogen) atoms. The van der Waals surface area contributed by atoms with Crippen LogP contribution in [0.25, 0.3) is 11.5 Å². The Balaban J connectivity index is 1.59. The zero-order valence-corrected chi connectivity index (χ0v) is 17.1. The molecule has 0 radical (unpaired) electrons. The molecule has 0 spiro atoms. The fraction of sp³-hybridized carbons (Fsp3) is 0.158. The van der Waals surface area contributed by atoms with Crippen LogP contribution in [0.1, 0.15) is 11.1 Å². The van der Waals surface area contributed by atoms with Crippen molar-refractivity contribution < 1.29 is 22.7 Å². The summed E-state index contributed by atoms with van der Waals surface area (Å²) in [6, 6.07) is 6.97. The van der Waals surface area contributed by atoms with Crippen molar-refractivity contribution in [1.82, 2.24) is 15.1 Å². The quantitative estimate of drug-likeness (QED) is 0.499. The highest BCUT2D eigenvalue weighted by Gasteiger charge is 2.30. The van der Waals surface area contributed by atoms with Gasteiger partial charge in [0.2, 0.25) is 5.89 Å². The van der Waals surface area contributed by atoms with Gasteiger partial charge in [-0.3, -0.25) is 0 Å². The van der Waals surface area contributed by atoms with Gasteiger partial charge >= 0.3 is 11.9 Å². The molecule has 0 fully saturated rings. The lowest BCUT2D eigenvalue weighted by atomic mass is 10.1. The molecule has 1 atom stereocenters. The molecule has 1 aromatic heterocycles. The van der Waals surface area contributed by atoms with Gasteiger partial charge in [0.05, 0.1) is 22.8 Å². The molecule has 12 heteroatoms. The Bertz CT molecular complexity index is 1210. The van der Waals surface area contributed by atoms with Crippen LogP contribution < -0.4 is 16.0 Å². The maximum Gasteiger partial charge on any atom is 0.437 e. The van der Waals surface area contributed by atoms with Gasteiger partial charge in [-0.25, -0.2) is 4.79 Å². The summed E-state index contributed by atoms with van der Waals surface area (Å²) in [6.07, 6.45) is -1.09. The Morgan fingerprint density at radius 1 is 1.26 bits per heavy atom. The molecule has 2 aromatic carbocycles. The minimum absolute atomic E-state index is 0.133. The van der Waals surface area contributed by atoms with E-state index in [1.807, 2.05) is 0 Å². The van der Waals surface area contributed by atoms with Crippen LogP contribution in [0.2, 0.25) is 5.02 Å². The smallest absolute Gasteiger partial charge is 0.437 e. The molecule has 1 aliphatic heterocycles. The van der Waals surface area contributed by atoms with E-state index >= 15 is 0 Å². The number of alkyl halides is 3. The SMILES string of the molecule is O=c1oc(-c2ccc(C(F)(F)F)cc2)nn1Cc1cc(Cl)c(N2C=CNC2S)cc1O. The van der Waals surface area contributed by atoms with Crippen LogP contribution in [0.4, 0.5) is 18.9 Å². The third-order valence-corrected chi connectivity index (χ3v) is 5.26. The second kappa shape index (κ2) is 7.89. The Morgan fingerprint density at radius 2 is 1.97 bits per heavy atom. The summed E-state index contributed by atoms with van der Waals surface area (Å²) in [4.78, 5) is 13.9. The first-order valence-corrected chi connectivity index (χ1v) is 9.69. The van der Waals surface area contributed by atoms with Gasteiger partial charge < -0.3 is 19.7 Å². The number of nitrogens with one attached hydrogen (secondary N) is 1. The number of nitrogens with zero attached hydrogens (tertiary/aromatic N) is 3. The molecule has 1 unspecified atom stereocenters. The second-order valence-corrected chi connectivity index (χ2v) is 7.50. The number of thiol groups is 1. The van der Waals surface area contributed by atoms with Gasteiger partial charge in [0, 0.05) is 29.6 Å². The summed E-state index contributed by atoms with van der Waals surface area (Å²) in [5.41, 5.74) is -0.178. The lowest BCUT2D eigenvalue weighted by Crippen LogP contribution is -2.29. The Kier molecular flexibility index (Phi) is 5.40. The van der Waals surface area contributed by atoms with E-state index in [-0.39, 0.29) is 29.2 Å². The zero-order chi connectivity index (χ0) is 22.3. The van der Waals surface area contributed by atoms with Gasteiger partial charge in [-0.15, -0.1) is 17.7 Å². The number of phenols is 1. The van der Waals surface area contributed by atoms with Gasteiger partial charge in [-0.1, -0.05) is 11.6 Å². The van der Waals surface area contributed by atoms with Gasteiger partial charge in [0.25, 0.3) is 0 Å². The summed E-state index contributed by atoms with van der Waals surface area (Å²) < 4.78 is 44.1. The van der Waals surface area contributed by atoms with Crippen LogP contribution in [-0.4, -0.2) is 20.4 Å². The summed E-state index contributed by atoms with van der Waals surface area (Å²) >= 11 is 10.7. The van der Waals surface area contributed by atoms with E-state index in [1.54, 1.807) is 17.3 Å². The third-order valence-electron chi connectivity index (χ3n) is 4.56. The molecule has 2 heterocycles. The van der Waals surface area contributed by atoms with E-state index in [0.29, 0.717) is 16.3 Å². The van der Waals surface area contributed by atoms with E-state index in [1.165, 1.54) is 12.1 Å². The Labute approximate surface area is 183 Å². The van der Waals surface area contributed by atoms with Crippen molar-refractivity contribution in [3.63, 3.8) is 0 Å². The molecular formula is C19H14ClF3N4O3S. The molecule has 7 nitrogen and oxygen atoms in total. The molecule has 2 N–H and O–H groups in total. The number of halogens is 4. The van der Waals surface area contributed by atoms with Gasteiger partial charge in [0.15, 0.2) is 0 Å². The van der Waals surface area contributed by atoms with Crippen molar-refractivity contribution in [3.05, 3.63) is 75.5 Å². The molecule has 0 aliphatic carbocycles. The number of anilines is 1. The fourth-order valence-corrected chi connectivity index (χ4v) is 3.56. The highest BCUT2D eigenvalue weighted by molar-refractivity contribution is 7.81. The first-order valence-electron chi connectivity index (χ1n) is 8.79. The number of hydrogen-bond acceptors (Lipinski definition) is 7. The van der Waals surface area contributed by atoms with Gasteiger partial charge in [0.1, 0.15) is 11.2 Å². The lowest BCUT2D eigenvalue weighted by Gasteiger charge is -2.23. The average molecular weight is 471 g/mol. The van der Waals surface area contributed by atoms with Crippen molar-refractivity contribution >= 4 is 29.9 Å². The predicted molar refractivity (Wildman–Crippen MR) is 111 cm³/mol. The number of rotatable bonds is 4. The summed E-state index contributed by atoms with van der Waals surface area (Å²) in [5, 5.41) is 17.7. The first kappa shape index (κ1) is 21.2. The number of aromatic hydroxyl groups is 1. The topological polar surface area (TPSA) is 83.5 Å². The van der Waals surface area contributed by atoms with Crippen molar-refractivity contribution in [2.75, 3.05) is 4.90 Å².